The molecule has 2 aromatic carbocycles. The Bertz CT molecular complexity index is 1700. The third-order valence-corrected chi connectivity index (χ3v) is 7.23. The molecule has 224 valence electrons. The van der Waals surface area contributed by atoms with Crippen LogP contribution in [-0.4, -0.2) is 26.6 Å². The molecule has 7 nitrogen and oxygen atoms in total. The van der Waals surface area contributed by atoms with Crippen LogP contribution in [0.2, 0.25) is 0 Å². The molecule has 2 amide bonds. The van der Waals surface area contributed by atoms with Crippen molar-refractivity contribution in [1.82, 2.24) is 20.1 Å². The molecule has 0 fully saturated rings. The van der Waals surface area contributed by atoms with Gasteiger partial charge in [0.1, 0.15) is 24.0 Å². The van der Waals surface area contributed by atoms with Crippen molar-refractivity contribution in [3.63, 3.8) is 0 Å². The number of benzene rings is 2. The summed E-state index contributed by atoms with van der Waals surface area (Å²) >= 11 is 0. The lowest BCUT2D eigenvalue weighted by atomic mass is 9.94. The van der Waals surface area contributed by atoms with Gasteiger partial charge in [0.2, 0.25) is 5.91 Å². The van der Waals surface area contributed by atoms with Gasteiger partial charge in [0.15, 0.2) is 5.69 Å². The summed E-state index contributed by atoms with van der Waals surface area (Å²) in [5.74, 6) is -4.35. The normalized spacial score (nSPS) is 15.3. The van der Waals surface area contributed by atoms with Crippen LogP contribution >= 0.6 is 0 Å². The van der Waals surface area contributed by atoms with E-state index >= 15 is 0 Å². The summed E-state index contributed by atoms with van der Waals surface area (Å²) in [5, 5.41) is 6.43. The molecule has 2 heterocycles. The lowest BCUT2D eigenvalue weighted by Crippen LogP contribution is -2.34. The van der Waals surface area contributed by atoms with E-state index in [2.05, 4.69) is 15.4 Å². The number of primary amides is 1. The highest BCUT2D eigenvalue weighted by Crippen LogP contribution is 2.38. The number of aromatic nitrogens is 3. The maximum Gasteiger partial charge on any atom is 0.435 e. The molecule has 43 heavy (non-hydrogen) atoms. The first kappa shape index (κ1) is 29.8. The Hall–Kier alpha value is -4.68. The van der Waals surface area contributed by atoms with E-state index < -0.39 is 53.7 Å². The van der Waals surface area contributed by atoms with Gasteiger partial charge in [-0.05, 0) is 66.6 Å². The predicted molar refractivity (Wildman–Crippen MR) is 143 cm³/mol. The molecule has 1 aliphatic rings. The minimum Gasteiger partial charge on any atom is -0.366 e. The molecule has 2 atom stereocenters. The van der Waals surface area contributed by atoms with Crippen LogP contribution in [0.15, 0.2) is 54.7 Å². The highest BCUT2D eigenvalue weighted by molar-refractivity contribution is 5.94. The highest BCUT2D eigenvalue weighted by atomic mass is 19.4. The third kappa shape index (κ3) is 6.40. The third-order valence-electron chi connectivity index (χ3n) is 7.23. The van der Waals surface area contributed by atoms with E-state index in [1.807, 2.05) is 0 Å². The van der Waals surface area contributed by atoms with Crippen molar-refractivity contribution < 1.29 is 35.9 Å². The first-order chi connectivity index (χ1) is 20.3. The van der Waals surface area contributed by atoms with Gasteiger partial charge in [-0.1, -0.05) is 19.1 Å². The van der Waals surface area contributed by atoms with Crippen molar-refractivity contribution in [3.8, 4) is 11.1 Å². The molecule has 0 aliphatic heterocycles. The van der Waals surface area contributed by atoms with Gasteiger partial charge in [-0.25, -0.2) is 13.2 Å². The molecule has 3 N–H and O–H groups in total. The van der Waals surface area contributed by atoms with Crippen molar-refractivity contribution in [2.45, 2.75) is 44.9 Å². The Morgan fingerprint density at radius 1 is 1.07 bits per heavy atom. The number of hydrogen-bond donors (Lipinski definition) is 2. The fourth-order valence-corrected chi connectivity index (χ4v) is 5.46. The number of fused-ring (bicyclic) bond motifs is 1. The smallest absolute Gasteiger partial charge is 0.366 e. The molecule has 13 heteroatoms. The molecule has 5 rings (SSSR count). The fraction of sp³-hybridized carbons (Fsp3) is 0.267. The molecule has 4 aromatic rings. The lowest BCUT2D eigenvalue weighted by Gasteiger charge is -2.22. The topological polar surface area (TPSA) is 103 Å². The molecule has 0 radical (unpaired) electrons. The number of nitrogens with two attached hydrogens (primary N) is 1. The number of carbonyl (C=O) groups excluding carboxylic acids is 2. The van der Waals surface area contributed by atoms with E-state index in [0.717, 1.165) is 22.9 Å². The summed E-state index contributed by atoms with van der Waals surface area (Å²) in [5.41, 5.74) is 5.29. The van der Waals surface area contributed by atoms with Crippen LogP contribution in [0.4, 0.5) is 26.3 Å². The van der Waals surface area contributed by atoms with Crippen molar-refractivity contribution in [1.29, 1.82) is 0 Å². The number of carbonyl (C=O) groups is 2. The average molecular weight is 602 g/mol. The van der Waals surface area contributed by atoms with E-state index in [9.17, 15) is 35.9 Å². The number of rotatable bonds is 8. The lowest BCUT2D eigenvalue weighted by molar-refractivity contribution is -0.142. The molecule has 1 aliphatic carbocycles. The van der Waals surface area contributed by atoms with Gasteiger partial charge >= 0.3 is 6.18 Å². The van der Waals surface area contributed by atoms with Crippen LogP contribution in [-0.2, 0) is 36.8 Å². The first-order valence-electron chi connectivity index (χ1n) is 13.2. The molecule has 1 unspecified atom stereocenters. The largest absolute Gasteiger partial charge is 0.435 e. The Morgan fingerprint density at radius 2 is 1.79 bits per heavy atom. The van der Waals surface area contributed by atoms with Gasteiger partial charge in [0.05, 0.1) is 17.3 Å². The number of nitrogens with one attached hydrogen (secondary N) is 1. The van der Waals surface area contributed by atoms with Gasteiger partial charge in [-0.15, -0.1) is 0 Å². The van der Waals surface area contributed by atoms with Crippen LogP contribution in [0.1, 0.15) is 51.5 Å². The van der Waals surface area contributed by atoms with Gasteiger partial charge in [0, 0.05) is 29.1 Å². The SMILES string of the molecule is C[C@H]1Cc2c(C(F)(F)F)nn(CC(=O)NC(Cc3cc(F)cc(F)c3)c3ncccc3-c3ccc(F)c(C(N)=O)c3)c2C1. The van der Waals surface area contributed by atoms with Crippen LogP contribution in [0.25, 0.3) is 11.1 Å². The Balaban J connectivity index is 1.52. The summed E-state index contributed by atoms with van der Waals surface area (Å²) < 4.78 is 84.4. The van der Waals surface area contributed by atoms with Crippen LogP contribution in [0.3, 0.4) is 0 Å². The first-order valence-corrected chi connectivity index (χ1v) is 13.2. The molecule has 0 spiro atoms. The van der Waals surface area contributed by atoms with Crippen LogP contribution in [0, 0.1) is 23.4 Å². The molecule has 0 saturated carbocycles. The minimum atomic E-state index is -4.69. The van der Waals surface area contributed by atoms with Crippen LogP contribution < -0.4 is 11.1 Å². The standard InChI is InChI=1S/C30H25F6N5O2/c1-15-7-22-25(8-15)41(40-28(22)30(34,35)36)14-26(42)39-24(11-16-9-18(31)13-19(32)10-16)27-20(3-2-6-38-27)17-4-5-23(33)21(12-17)29(37)43/h2-6,9-10,12-13,15,24H,7-8,11,14H2,1H3,(H2,37,43)(H,39,42)/t15-,24?/m0/s1. The van der Waals surface area contributed by atoms with Gasteiger partial charge < -0.3 is 11.1 Å². The predicted octanol–water partition coefficient (Wildman–Crippen LogP) is 5.32. The number of nitrogens with zero attached hydrogens (tertiary/aromatic N) is 3. The molecular weight excluding hydrogens is 576 g/mol. The van der Waals surface area contributed by atoms with Gasteiger partial charge in [-0.3, -0.25) is 19.3 Å². The molecule has 0 bridgehead atoms. The summed E-state index contributed by atoms with van der Waals surface area (Å²) in [4.78, 5) is 29.5. The zero-order valence-corrected chi connectivity index (χ0v) is 22.7. The number of amides is 2. The zero-order valence-electron chi connectivity index (χ0n) is 22.7. The Labute approximate surface area is 241 Å². The van der Waals surface area contributed by atoms with E-state index in [-0.39, 0.29) is 41.1 Å². The second-order valence-corrected chi connectivity index (χ2v) is 10.5. The maximum absolute atomic E-state index is 14.2. The second-order valence-electron chi connectivity index (χ2n) is 10.5. The monoisotopic (exact) mass is 601 g/mol. The summed E-state index contributed by atoms with van der Waals surface area (Å²) in [6.07, 6.45) is -2.96. The number of hydrogen-bond acceptors (Lipinski definition) is 4. The van der Waals surface area contributed by atoms with E-state index in [1.54, 1.807) is 19.1 Å². The Kier molecular flexibility index (Phi) is 8.00. The summed E-state index contributed by atoms with van der Waals surface area (Å²) in [6, 6.07) is 8.54. The number of alkyl halides is 3. The van der Waals surface area contributed by atoms with Crippen molar-refractivity contribution in [2.24, 2.45) is 11.7 Å². The van der Waals surface area contributed by atoms with Gasteiger partial charge in [-0.2, -0.15) is 18.3 Å². The van der Waals surface area contributed by atoms with Gasteiger partial charge in [0.25, 0.3) is 5.91 Å². The average Bonchev–Trinajstić information content (AvgIpc) is 3.45. The van der Waals surface area contributed by atoms with E-state index in [4.69, 9.17) is 5.73 Å². The Morgan fingerprint density at radius 3 is 2.47 bits per heavy atom. The summed E-state index contributed by atoms with van der Waals surface area (Å²) in [6.45, 7) is 1.25. The zero-order chi connectivity index (χ0) is 31.1. The summed E-state index contributed by atoms with van der Waals surface area (Å²) in [7, 11) is 0. The minimum absolute atomic E-state index is 0.0592. The number of halogens is 6. The number of pyridine rings is 1. The molecular formula is C30H25F6N5O2. The van der Waals surface area contributed by atoms with E-state index in [0.29, 0.717) is 29.3 Å². The fourth-order valence-electron chi connectivity index (χ4n) is 5.46. The quantitative estimate of drug-likeness (QED) is 0.267. The van der Waals surface area contributed by atoms with E-state index in [1.165, 1.54) is 18.3 Å². The van der Waals surface area contributed by atoms with Crippen molar-refractivity contribution >= 4 is 11.8 Å². The molecule has 0 saturated heterocycles. The van der Waals surface area contributed by atoms with Crippen molar-refractivity contribution in [2.75, 3.05) is 0 Å². The van der Waals surface area contributed by atoms with Crippen molar-refractivity contribution in [3.05, 3.63) is 106 Å². The van der Waals surface area contributed by atoms with Crippen LogP contribution in [0.5, 0.6) is 0 Å². The maximum atomic E-state index is 14.2. The second kappa shape index (κ2) is 11.5. The molecule has 2 aromatic heterocycles. The highest BCUT2D eigenvalue weighted by Gasteiger charge is 2.41.